The molecule has 8 nitrogen and oxygen atoms in total. The number of primary amides is 1. The van der Waals surface area contributed by atoms with Gasteiger partial charge in [0.1, 0.15) is 6.04 Å². The zero-order valence-electron chi connectivity index (χ0n) is 14.9. The molecule has 0 aliphatic rings. The largest absolute Gasteiger partial charge is 0.352 e. The molecule has 9 heteroatoms. The molecule has 0 saturated carbocycles. The van der Waals surface area contributed by atoms with E-state index < -0.39 is 28.0 Å². The van der Waals surface area contributed by atoms with Gasteiger partial charge < -0.3 is 16.4 Å². The number of rotatable bonds is 8. The van der Waals surface area contributed by atoms with Crippen LogP contribution in [-0.4, -0.2) is 32.4 Å². The number of benzene rings is 1. The van der Waals surface area contributed by atoms with Gasteiger partial charge in [-0.25, -0.2) is 17.9 Å². The van der Waals surface area contributed by atoms with Crippen molar-refractivity contribution in [1.29, 1.82) is 0 Å². The predicted molar refractivity (Wildman–Crippen MR) is 96.5 cm³/mol. The maximum atomic E-state index is 12.3. The van der Waals surface area contributed by atoms with Crippen LogP contribution in [0.2, 0.25) is 0 Å². The highest BCUT2D eigenvalue weighted by Gasteiger charge is 2.21. The highest BCUT2D eigenvalue weighted by Crippen LogP contribution is 2.15. The molecule has 1 atom stereocenters. The topological polar surface area (TPSA) is 130 Å². The molecule has 0 spiro atoms. The first-order valence-corrected chi connectivity index (χ1v) is 9.48. The van der Waals surface area contributed by atoms with Crippen molar-refractivity contribution in [3.05, 3.63) is 24.3 Å². The summed E-state index contributed by atoms with van der Waals surface area (Å²) in [6, 6.07) is 4.03. The van der Waals surface area contributed by atoms with Gasteiger partial charge in [-0.2, -0.15) is 0 Å². The average Bonchev–Trinajstić information content (AvgIpc) is 2.44. The first-order valence-electron chi connectivity index (χ1n) is 8.00. The molecule has 3 amide bonds. The molecule has 1 aromatic rings. The summed E-state index contributed by atoms with van der Waals surface area (Å²) in [6.45, 7) is 7.30. The number of carbonyl (C=O) groups is 2. The van der Waals surface area contributed by atoms with E-state index in [-0.39, 0.29) is 16.9 Å². The van der Waals surface area contributed by atoms with E-state index in [0.717, 1.165) is 0 Å². The van der Waals surface area contributed by atoms with E-state index in [1.807, 2.05) is 13.8 Å². The van der Waals surface area contributed by atoms with Gasteiger partial charge in [-0.3, -0.25) is 4.79 Å². The average molecular weight is 370 g/mol. The van der Waals surface area contributed by atoms with Crippen LogP contribution in [0.3, 0.4) is 0 Å². The summed E-state index contributed by atoms with van der Waals surface area (Å²) in [7, 11) is -3.59. The summed E-state index contributed by atoms with van der Waals surface area (Å²) in [5.41, 5.74) is 5.53. The minimum atomic E-state index is -3.59. The highest BCUT2D eigenvalue weighted by molar-refractivity contribution is 7.89. The van der Waals surface area contributed by atoms with Gasteiger partial charge in [0.05, 0.1) is 4.90 Å². The third kappa shape index (κ3) is 7.10. The Labute approximate surface area is 148 Å². The highest BCUT2D eigenvalue weighted by atomic mass is 32.2. The van der Waals surface area contributed by atoms with Gasteiger partial charge in [0.15, 0.2) is 0 Å². The molecule has 25 heavy (non-hydrogen) atoms. The van der Waals surface area contributed by atoms with Crippen molar-refractivity contribution in [2.45, 2.75) is 51.1 Å². The standard InChI is InChI=1S/C16H26N4O4S/c1-10(2)9-14(19-16(17)22)15(21)18-12-5-7-13(8-6-12)25(23,24)20-11(3)4/h5-8,10-11,14,20H,9H2,1-4H3,(H,18,21)(H3,17,19,22)/t14-/m1/s1. The summed E-state index contributed by atoms with van der Waals surface area (Å²) < 4.78 is 26.6. The van der Waals surface area contributed by atoms with Gasteiger partial charge in [-0.15, -0.1) is 0 Å². The van der Waals surface area contributed by atoms with Crippen molar-refractivity contribution >= 4 is 27.6 Å². The minimum absolute atomic E-state index is 0.105. The maximum absolute atomic E-state index is 12.3. The number of nitrogens with one attached hydrogen (secondary N) is 3. The Bertz CT molecular complexity index is 699. The van der Waals surface area contributed by atoms with Crippen molar-refractivity contribution in [2.24, 2.45) is 11.7 Å². The molecule has 0 saturated heterocycles. The Morgan fingerprint density at radius 2 is 1.64 bits per heavy atom. The van der Waals surface area contributed by atoms with Crippen LogP contribution in [0.15, 0.2) is 29.2 Å². The number of amides is 3. The number of carbonyl (C=O) groups excluding carboxylic acids is 2. The lowest BCUT2D eigenvalue weighted by molar-refractivity contribution is -0.118. The van der Waals surface area contributed by atoms with Crippen LogP contribution in [0, 0.1) is 5.92 Å². The van der Waals surface area contributed by atoms with E-state index in [2.05, 4.69) is 15.4 Å². The zero-order chi connectivity index (χ0) is 19.2. The van der Waals surface area contributed by atoms with Crippen LogP contribution in [0.5, 0.6) is 0 Å². The lowest BCUT2D eigenvalue weighted by Gasteiger charge is -2.19. The van der Waals surface area contributed by atoms with Gasteiger partial charge in [-0.05, 0) is 50.5 Å². The molecule has 0 bridgehead atoms. The van der Waals surface area contributed by atoms with Gasteiger partial charge in [0.2, 0.25) is 15.9 Å². The summed E-state index contributed by atoms with van der Waals surface area (Å²) in [4.78, 5) is 23.5. The van der Waals surface area contributed by atoms with Crippen LogP contribution in [0.25, 0.3) is 0 Å². The second-order valence-corrected chi connectivity index (χ2v) is 8.19. The smallest absolute Gasteiger partial charge is 0.312 e. The molecule has 0 radical (unpaired) electrons. The third-order valence-electron chi connectivity index (χ3n) is 3.16. The molecule has 0 aromatic heterocycles. The Balaban J connectivity index is 2.85. The number of hydrogen-bond donors (Lipinski definition) is 4. The second kappa shape index (κ2) is 8.82. The van der Waals surface area contributed by atoms with Gasteiger partial charge >= 0.3 is 6.03 Å². The van der Waals surface area contributed by atoms with Crippen LogP contribution >= 0.6 is 0 Å². The molecule has 0 unspecified atom stereocenters. The molecular weight excluding hydrogens is 344 g/mol. The number of anilines is 1. The van der Waals surface area contributed by atoms with E-state index in [1.165, 1.54) is 24.3 Å². The summed E-state index contributed by atoms with van der Waals surface area (Å²) >= 11 is 0. The predicted octanol–water partition coefficient (Wildman–Crippen LogP) is 1.39. The Morgan fingerprint density at radius 1 is 1.08 bits per heavy atom. The SMILES string of the molecule is CC(C)C[C@@H](NC(N)=O)C(=O)Nc1ccc(S(=O)(=O)NC(C)C)cc1. The molecule has 0 fully saturated rings. The lowest BCUT2D eigenvalue weighted by atomic mass is 10.0. The van der Waals surface area contributed by atoms with E-state index in [0.29, 0.717) is 12.1 Å². The Hall–Kier alpha value is -2.13. The van der Waals surface area contributed by atoms with Gasteiger partial charge in [0.25, 0.3) is 0 Å². The molecule has 1 rings (SSSR count). The Morgan fingerprint density at radius 3 is 2.08 bits per heavy atom. The maximum Gasteiger partial charge on any atom is 0.312 e. The third-order valence-corrected chi connectivity index (χ3v) is 4.84. The first kappa shape index (κ1) is 20.9. The van der Waals surface area contributed by atoms with Crippen molar-refractivity contribution in [3.63, 3.8) is 0 Å². The van der Waals surface area contributed by atoms with E-state index >= 15 is 0 Å². The van der Waals surface area contributed by atoms with Crippen molar-refractivity contribution < 1.29 is 18.0 Å². The molecule has 0 aliphatic heterocycles. The van der Waals surface area contributed by atoms with E-state index in [4.69, 9.17) is 5.73 Å². The molecule has 1 aromatic carbocycles. The van der Waals surface area contributed by atoms with Crippen molar-refractivity contribution in [1.82, 2.24) is 10.0 Å². The lowest BCUT2D eigenvalue weighted by Crippen LogP contribution is -2.46. The molecule has 140 valence electrons. The van der Waals surface area contributed by atoms with Crippen LogP contribution in [0.4, 0.5) is 10.5 Å². The van der Waals surface area contributed by atoms with Crippen molar-refractivity contribution in [2.75, 3.05) is 5.32 Å². The Kier molecular flexibility index (Phi) is 7.38. The van der Waals surface area contributed by atoms with Crippen molar-refractivity contribution in [3.8, 4) is 0 Å². The van der Waals surface area contributed by atoms with Gasteiger partial charge in [-0.1, -0.05) is 13.8 Å². The van der Waals surface area contributed by atoms with E-state index in [9.17, 15) is 18.0 Å². The van der Waals surface area contributed by atoms with Crippen LogP contribution in [0.1, 0.15) is 34.1 Å². The quantitative estimate of drug-likeness (QED) is 0.551. The molecule has 5 N–H and O–H groups in total. The van der Waals surface area contributed by atoms with Crippen LogP contribution < -0.4 is 21.1 Å². The van der Waals surface area contributed by atoms with Crippen LogP contribution in [-0.2, 0) is 14.8 Å². The number of hydrogen-bond acceptors (Lipinski definition) is 4. The molecule has 0 heterocycles. The monoisotopic (exact) mass is 370 g/mol. The summed E-state index contributed by atoms with van der Waals surface area (Å²) in [5.74, 6) is -0.236. The first-order chi connectivity index (χ1) is 11.5. The molecular formula is C16H26N4O4S. The number of nitrogens with two attached hydrogens (primary N) is 1. The summed E-state index contributed by atoms with van der Waals surface area (Å²) in [6.07, 6.45) is 0.430. The number of sulfonamides is 1. The minimum Gasteiger partial charge on any atom is -0.352 e. The second-order valence-electron chi connectivity index (χ2n) is 6.48. The van der Waals surface area contributed by atoms with E-state index in [1.54, 1.807) is 13.8 Å². The van der Waals surface area contributed by atoms with Gasteiger partial charge in [0, 0.05) is 11.7 Å². The molecule has 0 aliphatic carbocycles. The zero-order valence-corrected chi connectivity index (χ0v) is 15.7. The normalized spacial score (nSPS) is 12.9. The fraction of sp³-hybridized carbons (Fsp3) is 0.500. The summed E-state index contributed by atoms with van der Waals surface area (Å²) in [5, 5.41) is 5.06. The fourth-order valence-corrected chi connectivity index (χ4v) is 3.45. The fourth-order valence-electron chi connectivity index (χ4n) is 2.20. The number of urea groups is 1.